The predicted molar refractivity (Wildman–Crippen MR) is 118 cm³/mol. The van der Waals surface area contributed by atoms with E-state index < -0.39 is 0 Å². The van der Waals surface area contributed by atoms with Gasteiger partial charge >= 0.3 is 0 Å². The quantitative estimate of drug-likeness (QED) is 0.606. The molecule has 1 saturated heterocycles. The van der Waals surface area contributed by atoms with E-state index in [1.54, 1.807) is 11.3 Å². The number of piperidine rings is 1. The molecule has 3 heterocycles. The molecule has 4 rings (SSSR count). The number of hydrogen-bond acceptors (Lipinski definition) is 5. The second-order valence-electron chi connectivity index (χ2n) is 7.38. The van der Waals surface area contributed by atoms with Crippen LogP contribution in [-0.2, 0) is 11.3 Å². The molecule has 0 radical (unpaired) electrons. The van der Waals surface area contributed by atoms with Crippen LogP contribution in [0.4, 0.5) is 5.82 Å². The normalized spacial score (nSPS) is 16.6. The Morgan fingerprint density at radius 1 is 1.14 bits per heavy atom. The Kier molecular flexibility index (Phi) is 6.20. The first-order chi connectivity index (χ1) is 14.2. The van der Waals surface area contributed by atoms with Crippen molar-refractivity contribution in [2.45, 2.75) is 26.3 Å². The number of anilines is 1. The molecule has 1 amide bonds. The second kappa shape index (κ2) is 9.18. The van der Waals surface area contributed by atoms with E-state index >= 15 is 0 Å². The highest BCUT2D eigenvalue weighted by molar-refractivity contribution is 7.13. The highest BCUT2D eigenvalue weighted by Crippen LogP contribution is 2.26. The zero-order valence-electron chi connectivity index (χ0n) is 16.7. The van der Waals surface area contributed by atoms with Crippen molar-refractivity contribution in [3.63, 3.8) is 0 Å². The van der Waals surface area contributed by atoms with Gasteiger partial charge in [0.25, 0.3) is 0 Å². The van der Waals surface area contributed by atoms with Crippen LogP contribution >= 0.6 is 11.3 Å². The lowest BCUT2D eigenvalue weighted by atomic mass is 9.96. The molecule has 0 saturated carbocycles. The van der Waals surface area contributed by atoms with Crippen LogP contribution in [0.2, 0.25) is 0 Å². The average Bonchev–Trinajstić information content (AvgIpc) is 3.33. The number of carbonyl (C=O) groups excluding carboxylic acids is 1. The smallest absolute Gasteiger partial charge is 0.227 e. The van der Waals surface area contributed by atoms with Crippen LogP contribution < -0.4 is 4.90 Å². The van der Waals surface area contributed by atoms with Crippen molar-refractivity contribution in [1.82, 2.24) is 15.1 Å². The second-order valence-corrected chi connectivity index (χ2v) is 8.32. The number of aromatic nitrogens is 2. The van der Waals surface area contributed by atoms with Gasteiger partial charge in [-0.2, -0.15) is 0 Å². The number of carbonyl (C=O) groups is 1. The van der Waals surface area contributed by atoms with Crippen molar-refractivity contribution in [3.05, 3.63) is 65.5 Å². The van der Waals surface area contributed by atoms with Crippen molar-refractivity contribution in [3.8, 4) is 10.6 Å². The fourth-order valence-electron chi connectivity index (χ4n) is 3.84. The molecule has 1 atom stereocenters. The zero-order valence-corrected chi connectivity index (χ0v) is 17.5. The van der Waals surface area contributed by atoms with Gasteiger partial charge in [-0.3, -0.25) is 4.79 Å². The molecule has 2 aromatic heterocycles. The van der Waals surface area contributed by atoms with E-state index in [4.69, 9.17) is 0 Å². The number of amides is 1. The van der Waals surface area contributed by atoms with Crippen molar-refractivity contribution >= 4 is 23.1 Å². The van der Waals surface area contributed by atoms with Gasteiger partial charge in [0, 0.05) is 26.2 Å². The van der Waals surface area contributed by atoms with Gasteiger partial charge in [0.1, 0.15) is 5.69 Å². The Bertz CT molecular complexity index is 912. The summed E-state index contributed by atoms with van der Waals surface area (Å²) in [7, 11) is 0. The van der Waals surface area contributed by atoms with Crippen LogP contribution in [0.5, 0.6) is 0 Å². The summed E-state index contributed by atoms with van der Waals surface area (Å²) in [6.07, 6.45) is 1.93. The molecule has 150 valence electrons. The average molecular weight is 407 g/mol. The van der Waals surface area contributed by atoms with Crippen molar-refractivity contribution in [1.29, 1.82) is 0 Å². The minimum Gasteiger partial charge on any atom is -0.354 e. The SMILES string of the molecule is CCN(Cc1ccccc1)C(=O)C1CCCN(c2ccc(-c3cccs3)nn2)C1. The lowest BCUT2D eigenvalue weighted by Crippen LogP contribution is -2.45. The lowest BCUT2D eigenvalue weighted by molar-refractivity contribution is -0.136. The molecule has 0 aliphatic carbocycles. The van der Waals surface area contributed by atoms with Crippen LogP contribution in [-0.4, -0.2) is 40.6 Å². The van der Waals surface area contributed by atoms with Gasteiger partial charge in [0.15, 0.2) is 5.82 Å². The van der Waals surface area contributed by atoms with E-state index in [9.17, 15) is 4.79 Å². The Labute approximate surface area is 176 Å². The van der Waals surface area contributed by atoms with E-state index in [1.165, 1.54) is 5.56 Å². The largest absolute Gasteiger partial charge is 0.354 e. The van der Waals surface area contributed by atoms with Crippen LogP contribution in [0.1, 0.15) is 25.3 Å². The maximum Gasteiger partial charge on any atom is 0.227 e. The number of thiophene rings is 1. The number of hydrogen-bond donors (Lipinski definition) is 0. The molecule has 29 heavy (non-hydrogen) atoms. The molecule has 1 fully saturated rings. The van der Waals surface area contributed by atoms with E-state index in [2.05, 4.69) is 40.2 Å². The molecule has 1 aromatic carbocycles. The monoisotopic (exact) mass is 406 g/mol. The van der Waals surface area contributed by atoms with Gasteiger partial charge in [0.05, 0.1) is 10.8 Å². The highest BCUT2D eigenvalue weighted by Gasteiger charge is 2.29. The third-order valence-electron chi connectivity index (χ3n) is 5.43. The van der Waals surface area contributed by atoms with E-state index in [0.29, 0.717) is 13.1 Å². The topological polar surface area (TPSA) is 49.3 Å². The fourth-order valence-corrected chi connectivity index (χ4v) is 4.53. The van der Waals surface area contributed by atoms with Crippen molar-refractivity contribution in [2.75, 3.05) is 24.5 Å². The Morgan fingerprint density at radius 3 is 2.69 bits per heavy atom. The van der Waals surface area contributed by atoms with Crippen molar-refractivity contribution < 1.29 is 4.79 Å². The van der Waals surface area contributed by atoms with Crippen molar-refractivity contribution in [2.24, 2.45) is 5.92 Å². The molecule has 1 aliphatic heterocycles. The first-order valence-corrected chi connectivity index (χ1v) is 11.1. The summed E-state index contributed by atoms with van der Waals surface area (Å²) in [6.45, 7) is 5.07. The van der Waals surface area contributed by atoms with Gasteiger partial charge in [-0.1, -0.05) is 36.4 Å². The third kappa shape index (κ3) is 4.65. The maximum atomic E-state index is 13.2. The summed E-state index contributed by atoms with van der Waals surface area (Å²) in [5.74, 6) is 1.10. The summed E-state index contributed by atoms with van der Waals surface area (Å²) in [5.41, 5.74) is 2.07. The molecule has 5 nitrogen and oxygen atoms in total. The van der Waals surface area contributed by atoms with Gasteiger partial charge < -0.3 is 9.80 Å². The van der Waals surface area contributed by atoms with Crippen LogP contribution in [0.25, 0.3) is 10.6 Å². The molecular weight excluding hydrogens is 380 g/mol. The molecule has 1 unspecified atom stereocenters. The maximum absolute atomic E-state index is 13.2. The minimum absolute atomic E-state index is 0.00573. The molecular formula is C23H26N4OS. The first kappa shape index (κ1) is 19.6. The summed E-state index contributed by atoms with van der Waals surface area (Å²) in [6, 6.07) is 18.3. The fraction of sp³-hybridized carbons (Fsp3) is 0.348. The summed E-state index contributed by atoms with van der Waals surface area (Å²) >= 11 is 1.66. The van der Waals surface area contributed by atoms with Crippen LogP contribution in [0.15, 0.2) is 60.0 Å². The minimum atomic E-state index is 0.00573. The molecule has 0 N–H and O–H groups in total. The van der Waals surface area contributed by atoms with Gasteiger partial charge in [-0.15, -0.1) is 21.5 Å². The lowest BCUT2D eigenvalue weighted by Gasteiger charge is -2.35. The van der Waals surface area contributed by atoms with Gasteiger partial charge in [0.2, 0.25) is 5.91 Å². The number of rotatable bonds is 6. The zero-order chi connectivity index (χ0) is 20.1. The van der Waals surface area contributed by atoms with E-state index in [1.807, 2.05) is 46.7 Å². The van der Waals surface area contributed by atoms with Gasteiger partial charge in [-0.05, 0) is 48.9 Å². The first-order valence-electron chi connectivity index (χ1n) is 10.2. The summed E-state index contributed by atoms with van der Waals surface area (Å²) in [5, 5.41) is 10.9. The van der Waals surface area contributed by atoms with Gasteiger partial charge in [-0.25, -0.2) is 0 Å². The third-order valence-corrected chi connectivity index (χ3v) is 6.32. The number of benzene rings is 1. The Balaban J connectivity index is 1.42. The number of nitrogens with zero attached hydrogens (tertiary/aromatic N) is 4. The molecule has 1 aliphatic rings. The molecule has 6 heteroatoms. The Hall–Kier alpha value is -2.73. The van der Waals surface area contributed by atoms with Crippen LogP contribution in [0.3, 0.4) is 0 Å². The van der Waals surface area contributed by atoms with E-state index in [-0.39, 0.29) is 11.8 Å². The predicted octanol–water partition coefficient (Wildman–Crippen LogP) is 4.47. The molecule has 0 spiro atoms. The molecule has 3 aromatic rings. The standard InChI is InChI=1S/C23H26N4OS/c1-2-26(16-18-8-4-3-5-9-18)23(28)19-10-6-14-27(17-19)22-13-12-20(24-25-22)21-11-7-15-29-21/h3-5,7-9,11-13,15,19H,2,6,10,14,16-17H2,1H3. The van der Waals surface area contributed by atoms with Crippen LogP contribution in [0, 0.1) is 5.92 Å². The molecule has 0 bridgehead atoms. The van der Waals surface area contributed by atoms with E-state index in [0.717, 1.165) is 42.3 Å². The summed E-state index contributed by atoms with van der Waals surface area (Å²) in [4.78, 5) is 18.5. The summed E-state index contributed by atoms with van der Waals surface area (Å²) < 4.78 is 0. The Morgan fingerprint density at radius 2 is 2.00 bits per heavy atom. The highest BCUT2D eigenvalue weighted by atomic mass is 32.1.